The second kappa shape index (κ2) is 6.54. The van der Waals surface area contributed by atoms with E-state index in [-0.39, 0.29) is 10.7 Å². The smallest absolute Gasteiger partial charge is 0.170 e. The Kier molecular flexibility index (Phi) is 4.48. The molecule has 3 rings (SSSR count). The van der Waals surface area contributed by atoms with E-state index in [1.165, 1.54) is 0 Å². The summed E-state index contributed by atoms with van der Waals surface area (Å²) in [7, 11) is 4.02. The molecular weight excluding hydrogens is 312 g/mol. The largest absolute Gasteiger partial charge is 0.378 e. The highest BCUT2D eigenvalue weighted by Gasteiger charge is 2.28. The van der Waals surface area contributed by atoms with Crippen molar-refractivity contribution in [2.75, 3.05) is 24.3 Å². The van der Waals surface area contributed by atoms with Gasteiger partial charge in [0, 0.05) is 32.2 Å². The number of anilines is 2. The van der Waals surface area contributed by atoms with E-state index in [9.17, 15) is 4.79 Å². The molecule has 0 unspecified atom stereocenters. The number of nitrogens with one attached hydrogen (secondary N) is 1. The van der Waals surface area contributed by atoms with E-state index in [1.807, 2.05) is 14.1 Å². The average Bonchev–Trinajstić information content (AvgIpc) is 3.39. The Morgan fingerprint density at radius 2 is 1.96 bits per heavy atom. The van der Waals surface area contributed by atoms with Gasteiger partial charge in [-0.15, -0.1) is 0 Å². The van der Waals surface area contributed by atoms with Crippen LogP contribution in [0, 0.1) is 0 Å². The lowest BCUT2D eigenvalue weighted by molar-refractivity contribution is 0.111. The van der Waals surface area contributed by atoms with Crippen LogP contribution in [0.15, 0.2) is 24.3 Å². The van der Waals surface area contributed by atoms with Gasteiger partial charge in [-0.25, -0.2) is 9.97 Å². The molecule has 1 aromatic carbocycles. The summed E-state index contributed by atoms with van der Waals surface area (Å²) in [5.41, 5.74) is 2.52. The molecule has 1 saturated carbocycles. The van der Waals surface area contributed by atoms with Gasteiger partial charge in [0.2, 0.25) is 0 Å². The summed E-state index contributed by atoms with van der Waals surface area (Å²) in [6.07, 6.45) is 2.84. The predicted octanol–water partition coefficient (Wildman–Crippen LogP) is 3.50. The van der Waals surface area contributed by atoms with Crippen molar-refractivity contribution in [1.82, 2.24) is 9.97 Å². The SMILES string of the molecule is CN(C)c1ccc(CNc2nc(C3CC3)nc(C=O)c2Cl)cc1. The van der Waals surface area contributed by atoms with Gasteiger partial charge in [0.15, 0.2) is 6.29 Å². The number of hydrogen-bond acceptors (Lipinski definition) is 5. The summed E-state index contributed by atoms with van der Waals surface area (Å²) < 4.78 is 0. The van der Waals surface area contributed by atoms with Gasteiger partial charge in [-0.2, -0.15) is 0 Å². The summed E-state index contributed by atoms with van der Waals surface area (Å²) >= 11 is 6.21. The van der Waals surface area contributed by atoms with E-state index in [1.54, 1.807) is 0 Å². The Balaban J connectivity index is 1.76. The number of carbonyl (C=O) groups is 1. The number of aromatic nitrogens is 2. The van der Waals surface area contributed by atoms with E-state index in [0.717, 1.165) is 24.1 Å². The minimum Gasteiger partial charge on any atom is -0.378 e. The minimum atomic E-state index is 0.258. The van der Waals surface area contributed by atoms with Crippen LogP contribution in [0.4, 0.5) is 11.5 Å². The fourth-order valence-electron chi connectivity index (χ4n) is 2.30. The number of aldehydes is 1. The van der Waals surface area contributed by atoms with Crippen LogP contribution < -0.4 is 10.2 Å². The summed E-state index contributed by atoms with van der Waals surface area (Å²) in [5.74, 6) is 1.61. The highest BCUT2D eigenvalue weighted by Crippen LogP contribution is 2.39. The number of benzene rings is 1. The number of rotatable bonds is 6. The molecule has 0 spiro atoms. The Bertz CT molecular complexity index is 711. The molecule has 0 aliphatic heterocycles. The maximum Gasteiger partial charge on any atom is 0.170 e. The van der Waals surface area contributed by atoms with E-state index in [2.05, 4.69) is 44.5 Å². The molecule has 5 nitrogen and oxygen atoms in total. The second-order valence-corrected chi connectivity index (χ2v) is 6.31. The topological polar surface area (TPSA) is 58.1 Å². The summed E-state index contributed by atoms with van der Waals surface area (Å²) in [6, 6.07) is 8.23. The van der Waals surface area contributed by atoms with Crippen molar-refractivity contribution < 1.29 is 4.79 Å². The van der Waals surface area contributed by atoms with E-state index in [4.69, 9.17) is 11.6 Å². The van der Waals surface area contributed by atoms with Crippen molar-refractivity contribution in [3.63, 3.8) is 0 Å². The monoisotopic (exact) mass is 330 g/mol. The highest BCUT2D eigenvalue weighted by molar-refractivity contribution is 6.35. The first-order valence-electron chi connectivity index (χ1n) is 7.61. The van der Waals surface area contributed by atoms with Crippen LogP contribution in [0.25, 0.3) is 0 Å². The van der Waals surface area contributed by atoms with Crippen molar-refractivity contribution >= 4 is 29.4 Å². The van der Waals surface area contributed by atoms with Gasteiger partial charge in [-0.1, -0.05) is 23.7 Å². The normalized spacial score (nSPS) is 13.7. The third-order valence-corrected chi connectivity index (χ3v) is 4.23. The molecule has 120 valence electrons. The summed E-state index contributed by atoms with van der Waals surface area (Å²) in [6.45, 7) is 0.590. The van der Waals surface area contributed by atoms with Crippen molar-refractivity contribution in [2.24, 2.45) is 0 Å². The maximum absolute atomic E-state index is 11.1. The maximum atomic E-state index is 11.1. The van der Waals surface area contributed by atoms with Crippen LogP contribution in [-0.4, -0.2) is 30.3 Å². The molecule has 0 bridgehead atoms. The zero-order chi connectivity index (χ0) is 16.4. The molecule has 1 heterocycles. The third kappa shape index (κ3) is 3.62. The molecule has 6 heteroatoms. The molecule has 1 aliphatic carbocycles. The Morgan fingerprint density at radius 3 is 2.52 bits per heavy atom. The highest BCUT2D eigenvalue weighted by atomic mass is 35.5. The Hall–Kier alpha value is -2.14. The van der Waals surface area contributed by atoms with E-state index >= 15 is 0 Å². The third-order valence-electron chi connectivity index (χ3n) is 3.86. The van der Waals surface area contributed by atoms with Gasteiger partial charge in [0.1, 0.15) is 22.4 Å². The fraction of sp³-hybridized carbons (Fsp3) is 0.353. The number of nitrogens with zero attached hydrogens (tertiary/aromatic N) is 3. The van der Waals surface area contributed by atoms with Gasteiger partial charge in [-0.3, -0.25) is 4.79 Å². The number of halogens is 1. The van der Waals surface area contributed by atoms with Crippen molar-refractivity contribution in [2.45, 2.75) is 25.3 Å². The van der Waals surface area contributed by atoms with Gasteiger partial charge in [0.05, 0.1) is 0 Å². The van der Waals surface area contributed by atoms with Crippen LogP contribution in [0.2, 0.25) is 5.02 Å². The summed E-state index contributed by atoms with van der Waals surface area (Å²) in [4.78, 5) is 21.9. The van der Waals surface area contributed by atoms with Gasteiger partial charge in [-0.05, 0) is 30.5 Å². The molecule has 0 saturated heterocycles. The predicted molar refractivity (Wildman–Crippen MR) is 92.5 cm³/mol. The van der Waals surface area contributed by atoms with Crippen LogP contribution >= 0.6 is 11.6 Å². The van der Waals surface area contributed by atoms with E-state index in [0.29, 0.717) is 30.4 Å². The van der Waals surface area contributed by atoms with E-state index < -0.39 is 0 Å². The minimum absolute atomic E-state index is 0.258. The Morgan fingerprint density at radius 1 is 1.26 bits per heavy atom. The first-order chi connectivity index (χ1) is 11.1. The lowest BCUT2D eigenvalue weighted by Crippen LogP contribution is -2.09. The first kappa shape index (κ1) is 15.7. The molecule has 0 atom stereocenters. The van der Waals surface area contributed by atoms with Crippen LogP contribution in [0.1, 0.15) is 40.6 Å². The van der Waals surface area contributed by atoms with Gasteiger partial charge in [0.25, 0.3) is 0 Å². The van der Waals surface area contributed by atoms with Crippen molar-refractivity contribution in [3.05, 3.63) is 46.4 Å². The van der Waals surface area contributed by atoms with Crippen molar-refractivity contribution in [1.29, 1.82) is 0 Å². The molecule has 23 heavy (non-hydrogen) atoms. The quantitative estimate of drug-likeness (QED) is 0.821. The lowest BCUT2D eigenvalue weighted by atomic mass is 10.2. The molecular formula is C17H19ClN4O. The number of carbonyl (C=O) groups excluding carboxylic acids is 1. The van der Waals surface area contributed by atoms with Gasteiger partial charge >= 0.3 is 0 Å². The lowest BCUT2D eigenvalue weighted by Gasteiger charge is -2.14. The zero-order valence-corrected chi connectivity index (χ0v) is 14.0. The molecule has 1 aromatic heterocycles. The Labute approximate surface area is 140 Å². The van der Waals surface area contributed by atoms with Crippen LogP contribution in [0.3, 0.4) is 0 Å². The molecule has 0 amide bonds. The zero-order valence-electron chi connectivity index (χ0n) is 13.2. The number of hydrogen-bond donors (Lipinski definition) is 1. The summed E-state index contributed by atoms with van der Waals surface area (Å²) in [5, 5.41) is 3.51. The molecule has 1 fully saturated rings. The van der Waals surface area contributed by atoms with Gasteiger partial charge < -0.3 is 10.2 Å². The second-order valence-electron chi connectivity index (χ2n) is 5.94. The van der Waals surface area contributed by atoms with Crippen LogP contribution in [-0.2, 0) is 6.54 Å². The average molecular weight is 331 g/mol. The molecule has 1 aliphatic rings. The first-order valence-corrected chi connectivity index (χ1v) is 7.99. The molecule has 1 N–H and O–H groups in total. The van der Waals surface area contributed by atoms with Crippen molar-refractivity contribution in [3.8, 4) is 0 Å². The molecule has 2 aromatic rings. The van der Waals surface area contributed by atoms with Crippen LogP contribution in [0.5, 0.6) is 0 Å². The standard InChI is InChI=1S/C17H19ClN4O/c1-22(2)13-7-3-11(4-8-13)9-19-17-15(18)14(10-23)20-16(21-17)12-5-6-12/h3-4,7-8,10,12H,5-6,9H2,1-2H3,(H,19,20,21). The molecule has 0 radical (unpaired) electrons. The fourth-order valence-corrected chi connectivity index (χ4v) is 2.50.